The van der Waals surface area contributed by atoms with Gasteiger partial charge < -0.3 is 4.98 Å². The number of nitrogens with zero attached hydrogens (tertiary/aromatic N) is 1. The quantitative estimate of drug-likeness (QED) is 0.890. The van der Waals surface area contributed by atoms with Crippen LogP contribution in [0.3, 0.4) is 0 Å². The van der Waals surface area contributed by atoms with E-state index in [1.807, 2.05) is 6.92 Å². The van der Waals surface area contributed by atoms with Gasteiger partial charge in [0.1, 0.15) is 10.3 Å². The Morgan fingerprint density at radius 3 is 2.67 bits per heavy atom. The molecule has 2 aromatic rings. The number of aromatic amines is 1. The molecule has 0 fully saturated rings. The van der Waals surface area contributed by atoms with Crippen molar-refractivity contribution in [3.63, 3.8) is 0 Å². The lowest BCUT2D eigenvalue weighted by Crippen LogP contribution is -2.13. The minimum Gasteiger partial charge on any atom is -0.306 e. The molecule has 0 radical (unpaired) electrons. The molecular weight excluding hydrogens is 339 g/mol. The molecule has 18 heavy (non-hydrogen) atoms. The van der Waals surface area contributed by atoms with E-state index in [0.717, 1.165) is 5.56 Å². The van der Waals surface area contributed by atoms with Crippen LogP contribution >= 0.6 is 39.1 Å². The molecule has 0 atom stereocenters. The Morgan fingerprint density at radius 1 is 1.33 bits per heavy atom. The first-order chi connectivity index (χ1) is 8.52. The Morgan fingerprint density at radius 2 is 2.06 bits per heavy atom. The lowest BCUT2D eigenvalue weighted by molar-refractivity contribution is 0.970. The number of benzene rings is 1. The SMILES string of the molecule is CCc1nc(-c2ccc(Cl)c(Cl)c2)[nH]c(=O)c1Br. The predicted molar refractivity (Wildman–Crippen MR) is 77.4 cm³/mol. The van der Waals surface area contributed by atoms with Crippen molar-refractivity contribution in [2.75, 3.05) is 0 Å². The number of H-pyrrole nitrogens is 1. The van der Waals surface area contributed by atoms with Gasteiger partial charge in [0.25, 0.3) is 5.56 Å². The maximum Gasteiger partial charge on any atom is 0.265 e. The second-order valence-electron chi connectivity index (χ2n) is 3.66. The van der Waals surface area contributed by atoms with Crippen LogP contribution < -0.4 is 5.56 Å². The molecule has 0 unspecified atom stereocenters. The van der Waals surface area contributed by atoms with Gasteiger partial charge in [-0.15, -0.1) is 0 Å². The van der Waals surface area contributed by atoms with Crippen LogP contribution in [-0.4, -0.2) is 9.97 Å². The summed E-state index contributed by atoms with van der Waals surface area (Å²) in [4.78, 5) is 18.8. The first-order valence-electron chi connectivity index (χ1n) is 5.27. The number of aromatic nitrogens is 2. The molecular formula is C12H9BrCl2N2O. The van der Waals surface area contributed by atoms with Crippen molar-refractivity contribution in [3.05, 3.63) is 48.8 Å². The average molecular weight is 348 g/mol. The lowest BCUT2D eigenvalue weighted by atomic mass is 10.2. The molecule has 1 aromatic carbocycles. The summed E-state index contributed by atoms with van der Waals surface area (Å²) in [5.74, 6) is 0.485. The molecule has 3 nitrogen and oxygen atoms in total. The summed E-state index contributed by atoms with van der Waals surface area (Å²) in [7, 11) is 0. The summed E-state index contributed by atoms with van der Waals surface area (Å²) in [6, 6.07) is 5.11. The highest BCUT2D eigenvalue weighted by Gasteiger charge is 2.10. The molecule has 0 aliphatic carbocycles. The fourth-order valence-electron chi connectivity index (χ4n) is 1.52. The van der Waals surface area contributed by atoms with Gasteiger partial charge in [0.15, 0.2) is 0 Å². The van der Waals surface area contributed by atoms with E-state index >= 15 is 0 Å². The van der Waals surface area contributed by atoms with E-state index in [-0.39, 0.29) is 5.56 Å². The van der Waals surface area contributed by atoms with Crippen LogP contribution in [0.2, 0.25) is 10.0 Å². The monoisotopic (exact) mass is 346 g/mol. The number of aryl methyl sites for hydroxylation is 1. The molecule has 6 heteroatoms. The third kappa shape index (κ3) is 2.60. The van der Waals surface area contributed by atoms with Crippen LogP contribution in [0.4, 0.5) is 0 Å². The van der Waals surface area contributed by atoms with Gasteiger partial charge in [0.05, 0.1) is 15.7 Å². The molecule has 1 aromatic heterocycles. The fourth-order valence-corrected chi connectivity index (χ4v) is 2.29. The number of hydrogen-bond donors (Lipinski definition) is 1. The van der Waals surface area contributed by atoms with Crippen molar-refractivity contribution < 1.29 is 0 Å². The largest absolute Gasteiger partial charge is 0.306 e. The van der Waals surface area contributed by atoms with Crippen molar-refractivity contribution in [1.82, 2.24) is 9.97 Å². The molecule has 0 bridgehead atoms. The van der Waals surface area contributed by atoms with Gasteiger partial charge >= 0.3 is 0 Å². The minimum absolute atomic E-state index is 0.206. The molecule has 0 saturated heterocycles. The summed E-state index contributed by atoms with van der Waals surface area (Å²) in [5, 5.41) is 0.897. The van der Waals surface area contributed by atoms with E-state index in [9.17, 15) is 4.79 Å². The van der Waals surface area contributed by atoms with Gasteiger partial charge in [-0.3, -0.25) is 4.79 Å². The lowest BCUT2D eigenvalue weighted by Gasteiger charge is -2.06. The molecule has 0 amide bonds. The van der Waals surface area contributed by atoms with E-state index in [1.165, 1.54) is 0 Å². The molecule has 0 aliphatic rings. The van der Waals surface area contributed by atoms with Crippen molar-refractivity contribution in [2.24, 2.45) is 0 Å². The van der Waals surface area contributed by atoms with E-state index in [0.29, 0.717) is 32.5 Å². The molecule has 0 aliphatic heterocycles. The zero-order chi connectivity index (χ0) is 13.3. The Labute approximate surface area is 122 Å². The summed E-state index contributed by atoms with van der Waals surface area (Å²) < 4.78 is 0.466. The Bertz CT molecular complexity index is 655. The van der Waals surface area contributed by atoms with Crippen molar-refractivity contribution in [3.8, 4) is 11.4 Å². The van der Waals surface area contributed by atoms with Gasteiger partial charge in [-0.25, -0.2) is 4.98 Å². The zero-order valence-electron chi connectivity index (χ0n) is 9.43. The number of halogens is 3. The maximum absolute atomic E-state index is 11.7. The van der Waals surface area contributed by atoms with E-state index in [2.05, 4.69) is 25.9 Å². The van der Waals surface area contributed by atoms with Crippen LogP contribution in [0.25, 0.3) is 11.4 Å². The second kappa shape index (κ2) is 5.43. The van der Waals surface area contributed by atoms with Crippen LogP contribution in [0.1, 0.15) is 12.6 Å². The van der Waals surface area contributed by atoms with Crippen LogP contribution in [0, 0.1) is 0 Å². The highest BCUT2D eigenvalue weighted by atomic mass is 79.9. The van der Waals surface area contributed by atoms with Gasteiger partial charge in [-0.05, 0) is 40.5 Å². The third-order valence-electron chi connectivity index (χ3n) is 2.46. The second-order valence-corrected chi connectivity index (χ2v) is 5.27. The number of hydrogen-bond acceptors (Lipinski definition) is 2. The fraction of sp³-hybridized carbons (Fsp3) is 0.167. The topological polar surface area (TPSA) is 45.8 Å². The summed E-state index contributed by atoms with van der Waals surface area (Å²) in [5.41, 5.74) is 1.23. The van der Waals surface area contributed by atoms with Crippen molar-refractivity contribution in [1.29, 1.82) is 0 Å². The molecule has 1 heterocycles. The standard InChI is InChI=1S/C12H9BrCl2N2O/c1-2-9-10(13)12(18)17-11(16-9)6-3-4-7(14)8(15)5-6/h3-5H,2H2,1H3,(H,16,17,18). The summed E-state index contributed by atoms with van der Waals surface area (Å²) in [6.07, 6.45) is 0.666. The average Bonchev–Trinajstić information content (AvgIpc) is 2.36. The Balaban J connectivity index is 2.60. The van der Waals surface area contributed by atoms with Crippen molar-refractivity contribution >= 4 is 39.1 Å². The minimum atomic E-state index is -0.206. The van der Waals surface area contributed by atoms with Gasteiger partial charge in [-0.1, -0.05) is 30.1 Å². The highest BCUT2D eigenvalue weighted by Crippen LogP contribution is 2.27. The third-order valence-corrected chi connectivity index (χ3v) is 4.02. The summed E-state index contributed by atoms with van der Waals surface area (Å²) in [6.45, 7) is 1.94. The van der Waals surface area contributed by atoms with E-state index < -0.39 is 0 Å². The van der Waals surface area contributed by atoms with Crippen LogP contribution in [-0.2, 0) is 6.42 Å². The summed E-state index contributed by atoms with van der Waals surface area (Å²) >= 11 is 15.0. The van der Waals surface area contributed by atoms with E-state index in [1.54, 1.807) is 18.2 Å². The van der Waals surface area contributed by atoms with E-state index in [4.69, 9.17) is 23.2 Å². The Hall–Kier alpha value is -0.840. The Kier molecular flexibility index (Phi) is 4.10. The van der Waals surface area contributed by atoms with Gasteiger partial charge in [0, 0.05) is 5.56 Å². The van der Waals surface area contributed by atoms with Crippen LogP contribution in [0.15, 0.2) is 27.5 Å². The molecule has 0 spiro atoms. The molecule has 1 N–H and O–H groups in total. The zero-order valence-corrected chi connectivity index (χ0v) is 12.5. The van der Waals surface area contributed by atoms with Gasteiger partial charge in [0.2, 0.25) is 0 Å². The first-order valence-corrected chi connectivity index (χ1v) is 6.82. The predicted octanol–water partition coefficient (Wildman–Crippen LogP) is 4.07. The number of nitrogens with one attached hydrogen (secondary N) is 1. The number of rotatable bonds is 2. The molecule has 0 saturated carbocycles. The first kappa shape index (κ1) is 13.6. The van der Waals surface area contributed by atoms with Gasteiger partial charge in [-0.2, -0.15) is 0 Å². The molecule has 94 valence electrons. The smallest absolute Gasteiger partial charge is 0.265 e. The maximum atomic E-state index is 11.7. The highest BCUT2D eigenvalue weighted by molar-refractivity contribution is 9.10. The normalized spacial score (nSPS) is 10.7. The molecule has 2 rings (SSSR count). The van der Waals surface area contributed by atoms with Crippen molar-refractivity contribution in [2.45, 2.75) is 13.3 Å². The van der Waals surface area contributed by atoms with Crippen LogP contribution in [0.5, 0.6) is 0 Å².